The number of benzene rings is 3. The Morgan fingerprint density at radius 2 is 1.75 bits per heavy atom. The molecule has 2 atom stereocenters. The molecule has 0 radical (unpaired) electrons. The predicted molar refractivity (Wildman–Crippen MR) is 126 cm³/mol. The van der Waals surface area contributed by atoms with E-state index < -0.39 is 0 Å². The first kappa shape index (κ1) is 22.1. The van der Waals surface area contributed by atoms with Crippen LogP contribution in [0.2, 0.25) is 0 Å². The van der Waals surface area contributed by atoms with Crippen LogP contribution in [0.3, 0.4) is 0 Å². The zero-order chi connectivity index (χ0) is 22.5. The van der Waals surface area contributed by atoms with Crippen molar-refractivity contribution in [2.45, 2.75) is 24.8 Å². The second-order valence-electron chi connectivity index (χ2n) is 7.85. The molecular formula is C26H25FN2O2S. The van der Waals surface area contributed by atoms with Gasteiger partial charge in [0.05, 0.1) is 11.8 Å². The summed E-state index contributed by atoms with van der Waals surface area (Å²) in [7, 11) is 0. The third-order valence-corrected chi connectivity index (χ3v) is 6.88. The molecule has 3 aromatic rings. The van der Waals surface area contributed by atoms with Gasteiger partial charge in [0.25, 0.3) is 5.91 Å². The lowest BCUT2D eigenvalue weighted by atomic mass is 10.1. The summed E-state index contributed by atoms with van der Waals surface area (Å²) in [6.45, 7) is 2.53. The van der Waals surface area contributed by atoms with Gasteiger partial charge in [-0.05, 0) is 54.3 Å². The molecule has 1 saturated heterocycles. The second-order valence-corrected chi connectivity index (χ2v) is 8.92. The van der Waals surface area contributed by atoms with E-state index in [-0.39, 0.29) is 29.0 Å². The van der Waals surface area contributed by atoms with Gasteiger partial charge >= 0.3 is 0 Å². The number of carbonyl (C=O) groups is 2. The highest BCUT2D eigenvalue weighted by molar-refractivity contribution is 8.00. The van der Waals surface area contributed by atoms with Crippen molar-refractivity contribution in [3.63, 3.8) is 0 Å². The molecule has 0 aromatic heterocycles. The van der Waals surface area contributed by atoms with E-state index in [0.717, 1.165) is 17.5 Å². The third-order valence-electron chi connectivity index (χ3n) is 5.63. The quantitative estimate of drug-likeness (QED) is 0.545. The molecule has 4 rings (SSSR count). The molecule has 1 aliphatic heterocycles. The van der Waals surface area contributed by atoms with E-state index in [4.69, 9.17) is 0 Å². The molecule has 32 heavy (non-hydrogen) atoms. The van der Waals surface area contributed by atoms with Gasteiger partial charge in [0.2, 0.25) is 5.91 Å². The Hall–Kier alpha value is -3.12. The fourth-order valence-electron chi connectivity index (χ4n) is 3.78. The highest BCUT2D eigenvalue weighted by atomic mass is 32.2. The van der Waals surface area contributed by atoms with Gasteiger partial charge in [0, 0.05) is 12.1 Å². The fourth-order valence-corrected chi connectivity index (χ4v) is 5.00. The molecule has 0 bridgehead atoms. The molecule has 0 aliphatic carbocycles. The Kier molecular flexibility index (Phi) is 6.90. The van der Waals surface area contributed by atoms with E-state index in [1.807, 2.05) is 42.2 Å². The minimum atomic E-state index is -0.302. The van der Waals surface area contributed by atoms with Crippen LogP contribution in [0.15, 0.2) is 78.9 Å². The maximum absolute atomic E-state index is 13.1. The maximum Gasteiger partial charge on any atom is 0.251 e. The standard InChI is InChI=1S/C26H25FN2O2S/c1-18(20-11-13-23(27)14-12-20)28-25(31)21-7-9-22(10-8-21)26-29(24(30)17-32-26)16-15-19-5-3-2-4-6-19/h2-14,18,26H,15-17H2,1H3,(H,28,31)/t18-,26+/m0/s1. The Morgan fingerprint density at radius 1 is 1.06 bits per heavy atom. The van der Waals surface area contributed by atoms with Crippen LogP contribution >= 0.6 is 11.8 Å². The molecule has 164 valence electrons. The molecule has 1 N–H and O–H groups in total. The summed E-state index contributed by atoms with van der Waals surface area (Å²) in [4.78, 5) is 27.0. The van der Waals surface area contributed by atoms with Crippen LogP contribution in [0.4, 0.5) is 4.39 Å². The zero-order valence-electron chi connectivity index (χ0n) is 17.8. The molecule has 2 amide bonds. The molecule has 4 nitrogen and oxygen atoms in total. The second kappa shape index (κ2) is 10.0. The summed E-state index contributed by atoms with van der Waals surface area (Å²) in [5, 5.41) is 2.90. The van der Waals surface area contributed by atoms with Gasteiger partial charge in [-0.3, -0.25) is 9.59 Å². The van der Waals surface area contributed by atoms with Crippen molar-refractivity contribution in [1.29, 1.82) is 0 Å². The largest absolute Gasteiger partial charge is 0.346 e. The van der Waals surface area contributed by atoms with Crippen LogP contribution in [0.25, 0.3) is 0 Å². The summed E-state index contributed by atoms with van der Waals surface area (Å²) in [5.41, 5.74) is 3.61. The van der Waals surface area contributed by atoms with Gasteiger partial charge < -0.3 is 10.2 Å². The van der Waals surface area contributed by atoms with E-state index in [0.29, 0.717) is 17.9 Å². The molecule has 6 heteroatoms. The average Bonchev–Trinajstić information content (AvgIpc) is 3.19. The van der Waals surface area contributed by atoms with Crippen LogP contribution in [-0.2, 0) is 11.2 Å². The molecular weight excluding hydrogens is 423 g/mol. The topological polar surface area (TPSA) is 49.4 Å². The predicted octanol–water partition coefficient (Wildman–Crippen LogP) is 5.13. The number of hydrogen-bond acceptors (Lipinski definition) is 3. The number of thioether (sulfide) groups is 1. The molecule has 0 saturated carbocycles. The number of hydrogen-bond donors (Lipinski definition) is 1. The van der Waals surface area contributed by atoms with Crippen LogP contribution in [-0.4, -0.2) is 29.0 Å². The minimum absolute atomic E-state index is 0.0403. The van der Waals surface area contributed by atoms with Crippen molar-refractivity contribution in [3.05, 3.63) is 107 Å². The lowest BCUT2D eigenvalue weighted by molar-refractivity contribution is -0.128. The first-order chi connectivity index (χ1) is 15.5. The van der Waals surface area contributed by atoms with Crippen molar-refractivity contribution in [2.75, 3.05) is 12.3 Å². The molecule has 0 unspecified atom stereocenters. The fraction of sp³-hybridized carbons (Fsp3) is 0.231. The Balaban J connectivity index is 1.40. The SMILES string of the molecule is C[C@H](NC(=O)c1ccc([C@H]2SCC(=O)N2CCc2ccccc2)cc1)c1ccc(F)cc1. The first-order valence-corrected chi connectivity index (χ1v) is 11.7. The molecule has 0 spiro atoms. The summed E-state index contributed by atoms with van der Waals surface area (Å²) >= 11 is 1.62. The van der Waals surface area contributed by atoms with E-state index in [2.05, 4.69) is 17.4 Å². The number of rotatable bonds is 7. The minimum Gasteiger partial charge on any atom is -0.346 e. The normalized spacial score (nSPS) is 16.8. The van der Waals surface area contributed by atoms with Gasteiger partial charge in [0.15, 0.2) is 0 Å². The van der Waals surface area contributed by atoms with E-state index in [1.54, 1.807) is 36.0 Å². The Labute approximate surface area is 191 Å². The lowest BCUT2D eigenvalue weighted by Crippen LogP contribution is -2.30. The van der Waals surface area contributed by atoms with Gasteiger partial charge in [-0.15, -0.1) is 11.8 Å². The summed E-state index contributed by atoms with van der Waals surface area (Å²) in [6, 6.07) is 23.4. The van der Waals surface area contributed by atoms with Crippen LogP contribution in [0.1, 0.15) is 45.4 Å². The zero-order valence-corrected chi connectivity index (χ0v) is 18.6. The number of halogens is 1. The van der Waals surface area contributed by atoms with E-state index in [1.165, 1.54) is 17.7 Å². The number of nitrogens with one attached hydrogen (secondary N) is 1. The third kappa shape index (κ3) is 5.19. The van der Waals surface area contributed by atoms with Crippen molar-refractivity contribution < 1.29 is 14.0 Å². The van der Waals surface area contributed by atoms with Crippen molar-refractivity contribution in [3.8, 4) is 0 Å². The molecule has 1 aliphatic rings. The Bertz CT molecular complexity index is 1070. The highest BCUT2D eigenvalue weighted by Crippen LogP contribution is 2.38. The van der Waals surface area contributed by atoms with Crippen molar-refractivity contribution >= 4 is 23.6 Å². The molecule has 1 fully saturated rings. The van der Waals surface area contributed by atoms with Crippen LogP contribution in [0, 0.1) is 5.82 Å². The van der Waals surface area contributed by atoms with Gasteiger partial charge in [0.1, 0.15) is 11.2 Å². The van der Waals surface area contributed by atoms with Crippen LogP contribution in [0.5, 0.6) is 0 Å². The van der Waals surface area contributed by atoms with Gasteiger partial charge in [-0.25, -0.2) is 4.39 Å². The van der Waals surface area contributed by atoms with E-state index >= 15 is 0 Å². The number of nitrogens with zero attached hydrogens (tertiary/aromatic N) is 1. The average molecular weight is 449 g/mol. The smallest absolute Gasteiger partial charge is 0.251 e. The monoisotopic (exact) mass is 448 g/mol. The molecule has 1 heterocycles. The highest BCUT2D eigenvalue weighted by Gasteiger charge is 2.32. The number of amides is 2. The van der Waals surface area contributed by atoms with Crippen LogP contribution < -0.4 is 5.32 Å². The Morgan fingerprint density at radius 3 is 2.44 bits per heavy atom. The van der Waals surface area contributed by atoms with Crippen molar-refractivity contribution in [1.82, 2.24) is 10.2 Å². The maximum atomic E-state index is 13.1. The van der Waals surface area contributed by atoms with Gasteiger partial charge in [-0.1, -0.05) is 54.6 Å². The molecule has 3 aromatic carbocycles. The van der Waals surface area contributed by atoms with E-state index in [9.17, 15) is 14.0 Å². The van der Waals surface area contributed by atoms with Gasteiger partial charge in [-0.2, -0.15) is 0 Å². The summed E-state index contributed by atoms with van der Waals surface area (Å²) < 4.78 is 13.1. The number of carbonyl (C=O) groups excluding carboxylic acids is 2. The summed E-state index contributed by atoms with van der Waals surface area (Å²) in [5.74, 6) is 0.121. The van der Waals surface area contributed by atoms with Crippen molar-refractivity contribution in [2.24, 2.45) is 0 Å². The summed E-state index contributed by atoms with van der Waals surface area (Å²) in [6.07, 6.45) is 0.811. The lowest BCUT2D eigenvalue weighted by Gasteiger charge is -2.24. The first-order valence-electron chi connectivity index (χ1n) is 10.6.